The van der Waals surface area contributed by atoms with Gasteiger partial charge in [-0.25, -0.2) is 0 Å². The number of nitrogens with zero attached hydrogens (tertiary/aromatic N) is 1. The summed E-state index contributed by atoms with van der Waals surface area (Å²) in [6.07, 6.45) is 0. The highest BCUT2D eigenvalue weighted by Gasteiger charge is 2.17. The second-order valence-electron chi connectivity index (χ2n) is 4.82. The summed E-state index contributed by atoms with van der Waals surface area (Å²) in [5.41, 5.74) is 5.68. The third kappa shape index (κ3) is 5.55. The van der Waals surface area contributed by atoms with Crippen LogP contribution >= 0.6 is 12.2 Å². The van der Waals surface area contributed by atoms with Crippen molar-refractivity contribution < 1.29 is 0 Å². The first-order valence-electron chi connectivity index (χ1n) is 5.38. The van der Waals surface area contributed by atoms with Crippen LogP contribution in [-0.4, -0.2) is 29.0 Å². The van der Waals surface area contributed by atoms with Gasteiger partial charge in [0.15, 0.2) is 0 Å². The molecular weight excluding hydrogens is 192 g/mol. The molecule has 0 heterocycles. The maximum absolute atomic E-state index is 5.68. The molecule has 0 aromatic rings. The van der Waals surface area contributed by atoms with E-state index >= 15 is 0 Å². The molecule has 0 fully saturated rings. The number of nitrogens with two attached hydrogens (primary N) is 1. The maximum Gasteiger partial charge on any atom is 0.0899 e. The fraction of sp³-hybridized carbons (Fsp3) is 0.909. The zero-order valence-electron chi connectivity index (χ0n) is 10.1. The van der Waals surface area contributed by atoms with Crippen molar-refractivity contribution in [1.29, 1.82) is 0 Å². The van der Waals surface area contributed by atoms with E-state index in [1.807, 2.05) is 0 Å². The minimum Gasteiger partial charge on any atom is -0.392 e. The van der Waals surface area contributed by atoms with Gasteiger partial charge in [0.1, 0.15) is 0 Å². The van der Waals surface area contributed by atoms with Crippen molar-refractivity contribution in [3.63, 3.8) is 0 Å². The van der Waals surface area contributed by atoms with Gasteiger partial charge in [-0.15, -0.1) is 0 Å². The Morgan fingerprint density at radius 2 is 1.43 bits per heavy atom. The Balaban J connectivity index is 4.30. The fourth-order valence-corrected chi connectivity index (χ4v) is 1.66. The lowest BCUT2D eigenvalue weighted by atomic mass is 10.1. The number of thiocarbonyl (C=S) groups is 1. The van der Waals surface area contributed by atoms with Gasteiger partial charge in [0, 0.05) is 13.1 Å². The predicted molar refractivity (Wildman–Crippen MR) is 67.5 cm³/mol. The third-order valence-corrected chi connectivity index (χ3v) is 2.50. The minimum atomic E-state index is 0.217. The van der Waals surface area contributed by atoms with E-state index in [0.717, 1.165) is 13.1 Å². The Kier molecular flexibility index (Phi) is 6.29. The van der Waals surface area contributed by atoms with Crippen molar-refractivity contribution in [3.8, 4) is 0 Å². The van der Waals surface area contributed by atoms with E-state index in [4.69, 9.17) is 18.0 Å². The van der Waals surface area contributed by atoms with Crippen LogP contribution in [0, 0.1) is 11.8 Å². The lowest BCUT2D eigenvalue weighted by Crippen LogP contribution is -2.45. The van der Waals surface area contributed by atoms with Crippen molar-refractivity contribution in [3.05, 3.63) is 0 Å². The standard InChI is InChI=1S/C11H24N2S/c1-8(2)6-13(7-9(3)4)10(5)11(12)14/h8-10H,6-7H2,1-5H3,(H2,12,14). The lowest BCUT2D eigenvalue weighted by molar-refractivity contribution is 0.202. The van der Waals surface area contributed by atoms with Crippen molar-refractivity contribution >= 4 is 17.2 Å². The monoisotopic (exact) mass is 216 g/mol. The van der Waals surface area contributed by atoms with Crippen LogP contribution in [0.4, 0.5) is 0 Å². The molecule has 0 aliphatic rings. The Hall–Kier alpha value is -0.150. The summed E-state index contributed by atoms with van der Waals surface area (Å²) in [5.74, 6) is 1.32. The van der Waals surface area contributed by atoms with Gasteiger partial charge in [-0.3, -0.25) is 4.90 Å². The van der Waals surface area contributed by atoms with Crippen molar-refractivity contribution in [2.45, 2.75) is 40.7 Å². The topological polar surface area (TPSA) is 29.3 Å². The summed E-state index contributed by atoms with van der Waals surface area (Å²) in [6, 6.07) is 0.217. The van der Waals surface area contributed by atoms with Gasteiger partial charge in [-0.05, 0) is 18.8 Å². The highest BCUT2D eigenvalue weighted by atomic mass is 32.1. The molecule has 2 N–H and O–H groups in total. The van der Waals surface area contributed by atoms with E-state index in [-0.39, 0.29) is 6.04 Å². The van der Waals surface area contributed by atoms with Crippen molar-refractivity contribution in [1.82, 2.24) is 4.90 Å². The smallest absolute Gasteiger partial charge is 0.0899 e. The Morgan fingerprint density at radius 1 is 1.07 bits per heavy atom. The molecule has 2 nitrogen and oxygen atoms in total. The van der Waals surface area contributed by atoms with Gasteiger partial charge >= 0.3 is 0 Å². The van der Waals surface area contributed by atoms with E-state index < -0.39 is 0 Å². The predicted octanol–water partition coefficient (Wildman–Crippen LogP) is 2.27. The van der Waals surface area contributed by atoms with E-state index in [0.29, 0.717) is 16.8 Å². The summed E-state index contributed by atoms with van der Waals surface area (Å²) in [5, 5.41) is 0. The first kappa shape index (κ1) is 13.8. The third-order valence-electron chi connectivity index (χ3n) is 2.16. The average molecular weight is 216 g/mol. The molecule has 3 heteroatoms. The molecule has 0 bridgehead atoms. The number of rotatable bonds is 6. The SMILES string of the molecule is CC(C)CN(CC(C)C)C(C)C(N)=S. The van der Waals surface area contributed by atoms with Crippen LogP contribution in [0.15, 0.2) is 0 Å². The molecule has 1 atom stereocenters. The summed E-state index contributed by atoms with van der Waals surface area (Å²) in [7, 11) is 0. The molecule has 0 saturated heterocycles. The van der Waals surface area contributed by atoms with E-state index in [2.05, 4.69) is 39.5 Å². The number of hydrogen-bond acceptors (Lipinski definition) is 2. The van der Waals surface area contributed by atoms with Crippen molar-refractivity contribution in [2.75, 3.05) is 13.1 Å². The second-order valence-corrected chi connectivity index (χ2v) is 5.29. The Bertz CT molecular complexity index is 168. The number of hydrogen-bond donors (Lipinski definition) is 1. The van der Waals surface area contributed by atoms with Gasteiger partial charge in [-0.1, -0.05) is 39.9 Å². The van der Waals surface area contributed by atoms with Crippen LogP contribution < -0.4 is 5.73 Å². The highest BCUT2D eigenvalue weighted by molar-refractivity contribution is 7.80. The van der Waals surface area contributed by atoms with E-state index in [9.17, 15) is 0 Å². The molecule has 1 unspecified atom stereocenters. The van der Waals surface area contributed by atoms with Crippen LogP contribution in [0.25, 0.3) is 0 Å². The van der Waals surface area contributed by atoms with Gasteiger partial charge in [0.05, 0.1) is 11.0 Å². The van der Waals surface area contributed by atoms with Crippen LogP contribution in [0.5, 0.6) is 0 Å². The second kappa shape index (κ2) is 6.36. The molecule has 84 valence electrons. The van der Waals surface area contributed by atoms with E-state index in [1.165, 1.54) is 0 Å². The van der Waals surface area contributed by atoms with E-state index in [1.54, 1.807) is 0 Å². The Morgan fingerprint density at radius 3 is 1.64 bits per heavy atom. The minimum absolute atomic E-state index is 0.217. The quantitative estimate of drug-likeness (QED) is 0.691. The average Bonchev–Trinajstić information content (AvgIpc) is 1.99. The first-order valence-corrected chi connectivity index (χ1v) is 5.78. The summed E-state index contributed by atoms with van der Waals surface area (Å²) >= 11 is 5.04. The molecule has 0 aliphatic carbocycles. The molecule has 0 spiro atoms. The molecule has 0 aliphatic heterocycles. The Labute approximate surface area is 93.8 Å². The maximum atomic E-state index is 5.68. The van der Waals surface area contributed by atoms with Gasteiger partial charge in [0.25, 0.3) is 0 Å². The molecule has 14 heavy (non-hydrogen) atoms. The molecule has 0 rings (SSSR count). The van der Waals surface area contributed by atoms with Gasteiger partial charge in [0.2, 0.25) is 0 Å². The molecule has 0 amide bonds. The summed E-state index contributed by atoms with van der Waals surface area (Å²) < 4.78 is 0. The highest BCUT2D eigenvalue weighted by Crippen LogP contribution is 2.08. The molecule has 0 saturated carbocycles. The van der Waals surface area contributed by atoms with Gasteiger partial charge < -0.3 is 5.73 Å². The fourth-order valence-electron chi connectivity index (χ4n) is 1.51. The molecule has 0 radical (unpaired) electrons. The molecular formula is C11H24N2S. The normalized spacial score (nSPS) is 14.0. The summed E-state index contributed by atoms with van der Waals surface area (Å²) in [4.78, 5) is 2.98. The van der Waals surface area contributed by atoms with Crippen LogP contribution in [-0.2, 0) is 0 Å². The van der Waals surface area contributed by atoms with Crippen LogP contribution in [0.3, 0.4) is 0 Å². The first-order chi connectivity index (χ1) is 6.34. The molecule has 0 aromatic carbocycles. The zero-order chi connectivity index (χ0) is 11.3. The van der Waals surface area contributed by atoms with Crippen molar-refractivity contribution in [2.24, 2.45) is 17.6 Å². The largest absolute Gasteiger partial charge is 0.392 e. The van der Waals surface area contributed by atoms with Gasteiger partial charge in [-0.2, -0.15) is 0 Å². The molecule has 0 aromatic heterocycles. The summed E-state index contributed by atoms with van der Waals surface area (Å²) in [6.45, 7) is 13.1. The van der Waals surface area contributed by atoms with Crippen LogP contribution in [0.2, 0.25) is 0 Å². The zero-order valence-corrected chi connectivity index (χ0v) is 10.9. The lowest BCUT2D eigenvalue weighted by Gasteiger charge is -2.31. The van der Waals surface area contributed by atoms with Crippen LogP contribution in [0.1, 0.15) is 34.6 Å².